The molecule has 0 radical (unpaired) electrons. The average Bonchev–Trinajstić information content (AvgIpc) is 3.05. The van der Waals surface area contributed by atoms with Gasteiger partial charge >= 0.3 is 0 Å². The predicted octanol–water partition coefficient (Wildman–Crippen LogP) is 4.65. The first-order valence-corrected chi connectivity index (χ1v) is 10.5. The molecule has 0 aliphatic rings. The van der Waals surface area contributed by atoms with E-state index < -0.39 is 15.8 Å². The maximum absolute atomic E-state index is 13.3. The summed E-state index contributed by atoms with van der Waals surface area (Å²) in [7, 11) is -2.52. The zero-order valence-corrected chi connectivity index (χ0v) is 16.9. The normalized spacial score (nSPS) is 11.4. The minimum atomic E-state index is -3.97. The van der Waals surface area contributed by atoms with Crippen LogP contribution >= 0.6 is 22.9 Å². The van der Waals surface area contributed by atoms with Crippen LogP contribution in [0.2, 0.25) is 5.02 Å². The molecule has 0 spiro atoms. The van der Waals surface area contributed by atoms with Gasteiger partial charge in [-0.15, -0.1) is 11.3 Å². The standard InChI is InChI=1S/C18H16ClFN2O3S2/c1-12-21-14(11-26-12)10-22(15-5-3-13(20)4-6-15)27(23,24)16-7-8-18(25-2)17(19)9-16/h3-9,11H,10H2,1-2H3. The fourth-order valence-electron chi connectivity index (χ4n) is 2.49. The Bertz CT molecular complexity index is 1050. The fraction of sp³-hybridized carbons (Fsp3) is 0.167. The van der Waals surface area contributed by atoms with Gasteiger partial charge in [0.05, 0.1) is 40.0 Å². The Balaban J connectivity index is 2.07. The first-order chi connectivity index (χ1) is 12.8. The van der Waals surface area contributed by atoms with Crippen LogP contribution in [0.1, 0.15) is 10.7 Å². The van der Waals surface area contributed by atoms with Crippen LogP contribution in [0.5, 0.6) is 5.75 Å². The third-order valence-corrected chi connectivity index (χ3v) is 6.69. The SMILES string of the molecule is COc1ccc(S(=O)(=O)N(Cc2csc(C)n2)c2ccc(F)cc2)cc1Cl. The summed E-state index contributed by atoms with van der Waals surface area (Å²) in [6.45, 7) is 1.86. The van der Waals surface area contributed by atoms with Crippen molar-refractivity contribution >= 4 is 38.6 Å². The maximum atomic E-state index is 13.3. The number of thiazole rings is 1. The summed E-state index contributed by atoms with van der Waals surface area (Å²) in [6.07, 6.45) is 0. The molecule has 0 saturated heterocycles. The van der Waals surface area contributed by atoms with Crippen molar-refractivity contribution in [2.75, 3.05) is 11.4 Å². The summed E-state index contributed by atoms with van der Waals surface area (Å²) in [5.41, 5.74) is 0.930. The van der Waals surface area contributed by atoms with Crippen molar-refractivity contribution in [1.29, 1.82) is 0 Å². The van der Waals surface area contributed by atoms with Crippen molar-refractivity contribution in [3.63, 3.8) is 0 Å². The second-order valence-corrected chi connectivity index (χ2v) is 8.97. The van der Waals surface area contributed by atoms with Gasteiger partial charge in [0.25, 0.3) is 10.0 Å². The first kappa shape index (κ1) is 19.6. The molecule has 0 unspecified atom stereocenters. The number of aryl methyl sites for hydroxylation is 1. The largest absolute Gasteiger partial charge is 0.495 e. The lowest BCUT2D eigenvalue weighted by Crippen LogP contribution is -2.30. The highest BCUT2D eigenvalue weighted by atomic mass is 35.5. The predicted molar refractivity (Wildman–Crippen MR) is 105 cm³/mol. The summed E-state index contributed by atoms with van der Waals surface area (Å²) in [5.74, 6) is -0.0767. The molecule has 0 N–H and O–H groups in total. The summed E-state index contributed by atoms with van der Waals surface area (Å²) < 4.78 is 46.2. The maximum Gasteiger partial charge on any atom is 0.264 e. The van der Waals surface area contributed by atoms with E-state index in [1.165, 1.54) is 65.2 Å². The van der Waals surface area contributed by atoms with E-state index in [0.29, 0.717) is 17.1 Å². The second kappa shape index (κ2) is 7.84. The van der Waals surface area contributed by atoms with E-state index >= 15 is 0 Å². The van der Waals surface area contributed by atoms with E-state index in [1.54, 1.807) is 5.38 Å². The Labute approximate surface area is 166 Å². The Kier molecular flexibility index (Phi) is 5.69. The van der Waals surface area contributed by atoms with Gasteiger partial charge < -0.3 is 4.74 Å². The van der Waals surface area contributed by atoms with Crippen LogP contribution in [0.15, 0.2) is 52.7 Å². The smallest absolute Gasteiger partial charge is 0.264 e. The topological polar surface area (TPSA) is 59.5 Å². The highest BCUT2D eigenvalue weighted by Crippen LogP contribution is 2.31. The van der Waals surface area contributed by atoms with Gasteiger partial charge in [-0.25, -0.2) is 17.8 Å². The zero-order valence-electron chi connectivity index (χ0n) is 14.5. The number of anilines is 1. The number of rotatable bonds is 6. The van der Waals surface area contributed by atoms with Crippen molar-refractivity contribution in [3.8, 4) is 5.75 Å². The molecule has 27 heavy (non-hydrogen) atoms. The van der Waals surface area contributed by atoms with Gasteiger partial charge in [-0.3, -0.25) is 4.31 Å². The molecule has 3 aromatic rings. The van der Waals surface area contributed by atoms with Crippen LogP contribution in [0.4, 0.5) is 10.1 Å². The number of halogens is 2. The molecule has 5 nitrogen and oxygen atoms in total. The summed E-state index contributed by atoms with van der Waals surface area (Å²) in [6, 6.07) is 9.50. The van der Waals surface area contributed by atoms with Crippen LogP contribution in [0.3, 0.4) is 0 Å². The van der Waals surface area contributed by atoms with E-state index in [9.17, 15) is 12.8 Å². The van der Waals surface area contributed by atoms with E-state index in [2.05, 4.69) is 4.98 Å². The second-order valence-electron chi connectivity index (χ2n) is 5.64. The van der Waals surface area contributed by atoms with Gasteiger partial charge in [0.1, 0.15) is 11.6 Å². The lowest BCUT2D eigenvalue weighted by Gasteiger charge is -2.24. The van der Waals surface area contributed by atoms with Crippen LogP contribution < -0.4 is 9.04 Å². The number of hydrogen-bond acceptors (Lipinski definition) is 5. The van der Waals surface area contributed by atoms with Crippen molar-refractivity contribution in [2.24, 2.45) is 0 Å². The lowest BCUT2D eigenvalue weighted by atomic mass is 10.3. The van der Waals surface area contributed by atoms with Crippen LogP contribution in [-0.2, 0) is 16.6 Å². The number of hydrogen-bond donors (Lipinski definition) is 0. The molecule has 0 amide bonds. The number of ether oxygens (including phenoxy) is 1. The third kappa shape index (κ3) is 4.23. The summed E-state index contributed by atoms with van der Waals surface area (Å²) in [5, 5.41) is 2.80. The van der Waals surface area contributed by atoms with E-state index in [1.807, 2.05) is 6.92 Å². The zero-order chi connectivity index (χ0) is 19.6. The Morgan fingerprint density at radius 1 is 1.22 bits per heavy atom. The molecule has 0 aliphatic carbocycles. The number of aromatic nitrogens is 1. The van der Waals surface area contributed by atoms with Crippen LogP contribution in [0.25, 0.3) is 0 Å². The molecule has 1 heterocycles. The summed E-state index contributed by atoms with van der Waals surface area (Å²) in [4.78, 5) is 4.34. The van der Waals surface area contributed by atoms with Crippen molar-refractivity contribution < 1.29 is 17.5 Å². The highest BCUT2D eigenvalue weighted by molar-refractivity contribution is 7.92. The molecule has 9 heteroatoms. The van der Waals surface area contributed by atoms with Gasteiger partial charge in [-0.1, -0.05) is 11.6 Å². The van der Waals surface area contributed by atoms with Gasteiger partial charge in [0.2, 0.25) is 0 Å². The van der Waals surface area contributed by atoms with Crippen molar-refractivity contribution in [2.45, 2.75) is 18.4 Å². The van der Waals surface area contributed by atoms with Gasteiger partial charge in [0.15, 0.2) is 0 Å². The van der Waals surface area contributed by atoms with Crippen LogP contribution in [-0.4, -0.2) is 20.5 Å². The molecular formula is C18H16ClFN2O3S2. The van der Waals surface area contributed by atoms with Crippen molar-refractivity contribution in [1.82, 2.24) is 4.98 Å². The molecule has 0 atom stereocenters. The Morgan fingerprint density at radius 2 is 1.93 bits per heavy atom. The Morgan fingerprint density at radius 3 is 2.48 bits per heavy atom. The Hall–Kier alpha value is -2.16. The molecule has 3 rings (SSSR count). The lowest BCUT2D eigenvalue weighted by molar-refractivity contribution is 0.414. The monoisotopic (exact) mass is 426 g/mol. The number of sulfonamides is 1. The minimum absolute atomic E-state index is 0.00424. The van der Waals surface area contributed by atoms with Crippen molar-refractivity contribution in [3.05, 3.63) is 69.4 Å². The van der Waals surface area contributed by atoms with Crippen LogP contribution in [0, 0.1) is 12.7 Å². The number of nitrogens with zero attached hydrogens (tertiary/aromatic N) is 2. The van der Waals surface area contributed by atoms with E-state index in [4.69, 9.17) is 16.3 Å². The molecule has 1 aromatic heterocycles. The summed E-state index contributed by atoms with van der Waals surface area (Å²) >= 11 is 7.53. The molecule has 0 saturated carbocycles. The van der Waals surface area contributed by atoms with Gasteiger partial charge in [-0.05, 0) is 49.4 Å². The fourth-order valence-corrected chi connectivity index (χ4v) is 4.87. The molecule has 0 fully saturated rings. The first-order valence-electron chi connectivity index (χ1n) is 7.84. The highest BCUT2D eigenvalue weighted by Gasteiger charge is 2.27. The molecule has 0 bridgehead atoms. The number of benzene rings is 2. The quantitative estimate of drug-likeness (QED) is 0.575. The molecule has 2 aromatic carbocycles. The minimum Gasteiger partial charge on any atom is -0.495 e. The van der Waals surface area contributed by atoms with E-state index in [-0.39, 0.29) is 16.5 Å². The molecular weight excluding hydrogens is 411 g/mol. The number of methoxy groups -OCH3 is 1. The van der Waals surface area contributed by atoms with Gasteiger partial charge in [0, 0.05) is 5.38 Å². The molecule has 0 aliphatic heterocycles. The van der Waals surface area contributed by atoms with E-state index in [0.717, 1.165) is 5.01 Å². The molecule has 142 valence electrons. The average molecular weight is 427 g/mol. The third-order valence-electron chi connectivity index (χ3n) is 3.80. The van der Waals surface area contributed by atoms with Gasteiger partial charge in [-0.2, -0.15) is 0 Å².